The van der Waals surface area contributed by atoms with Crippen molar-refractivity contribution in [2.45, 2.75) is 12.8 Å². The van der Waals surface area contributed by atoms with Crippen molar-refractivity contribution in [1.82, 2.24) is 14.5 Å². The van der Waals surface area contributed by atoms with Crippen molar-refractivity contribution in [3.8, 4) is 5.69 Å². The van der Waals surface area contributed by atoms with Crippen LogP contribution in [0.15, 0.2) is 42.9 Å². The van der Waals surface area contributed by atoms with Gasteiger partial charge in [0, 0.05) is 18.8 Å². The Bertz CT molecular complexity index is 681. The van der Waals surface area contributed by atoms with Crippen LogP contribution in [0, 0.1) is 5.92 Å². The Hall–Kier alpha value is -2.63. The predicted octanol–water partition coefficient (Wildman–Crippen LogP) is 1.81. The lowest BCUT2D eigenvalue weighted by atomic mass is 9.98. The van der Waals surface area contributed by atoms with Gasteiger partial charge in [-0.2, -0.15) is 0 Å². The molecule has 0 spiro atoms. The summed E-state index contributed by atoms with van der Waals surface area (Å²) in [5.41, 5.74) is 1.31. The zero-order valence-electron chi connectivity index (χ0n) is 12.1. The lowest BCUT2D eigenvalue weighted by Gasteiger charge is -2.30. The van der Waals surface area contributed by atoms with Gasteiger partial charge in [0.15, 0.2) is 0 Å². The molecule has 2 heterocycles. The molecule has 0 radical (unpaired) electrons. The fraction of sp³-hybridized carbons (Fsp3) is 0.312. The fourth-order valence-corrected chi connectivity index (χ4v) is 2.77. The number of carbonyl (C=O) groups excluding carboxylic acids is 1. The van der Waals surface area contributed by atoms with Crippen LogP contribution in [0.5, 0.6) is 0 Å². The highest BCUT2D eigenvalue weighted by atomic mass is 16.4. The molecule has 6 nitrogen and oxygen atoms in total. The minimum atomic E-state index is -0.839. The van der Waals surface area contributed by atoms with E-state index >= 15 is 0 Å². The minimum absolute atomic E-state index is 0.174. The Kier molecular flexibility index (Phi) is 3.91. The van der Waals surface area contributed by atoms with E-state index in [0.717, 1.165) is 5.69 Å². The van der Waals surface area contributed by atoms with E-state index < -0.39 is 11.9 Å². The quantitative estimate of drug-likeness (QED) is 0.938. The Morgan fingerprint density at radius 3 is 2.73 bits per heavy atom. The number of amides is 1. The van der Waals surface area contributed by atoms with Gasteiger partial charge in [0.1, 0.15) is 5.69 Å². The van der Waals surface area contributed by atoms with E-state index in [1.165, 1.54) is 6.20 Å². The molecule has 1 N–H and O–H groups in total. The van der Waals surface area contributed by atoms with E-state index in [2.05, 4.69) is 4.98 Å². The Morgan fingerprint density at radius 2 is 2.00 bits per heavy atom. The second-order valence-electron chi connectivity index (χ2n) is 5.41. The average molecular weight is 299 g/mol. The van der Waals surface area contributed by atoms with Gasteiger partial charge in [0.05, 0.1) is 18.4 Å². The molecular weight excluding hydrogens is 282 g/mol. The number of imidazole rings is 1. The lowest BCUT2D eigenvalue weighted by molar-refractivity contribution is -0.143. The second-order valence-corrected chi connectivity index (χ2v) is 5.41. The third kappa shape index (κ3) is 2.72. The van der Waals surface area contributed by atoms with Crippen LogP contribution < -0.4 is 0 Å². The van der Waals surface area contributed by atoms with E-state index in [0.29, 0.717) is 25.1 Å². The van der Waals surface area contributed by atoms with Crippen LogP contribution in [0.2, 0.25) is 0 Å². The summed E-state index contributed by atoms with van der Waals surface area (Å²) in [5, 5.41) is 9.15. The molecule has 1 aromatic heterocycles. The molecule has 3 rings (SSSR count). The first kappa shape index (κ1) is 14.3. The first-order chi connectivity index (χ1) is 10.7. The summed E-state index contributed by atoms with van der Waals surface area (Å²) in [7, 11) is 0. The van der Waals surface area contributed by atoms with Crippen LogP contribution in [0.3, 0.4) is 0 Å². The monoisotopic (exact) mass is 299 g/mol. The Balaban J connectivity index is 1.84. The second kappa shape index (κ2) is 6.01. The number of para-hydroxylation sites is 1. The molecule has 22 heavy (non-hydrogen) atoms. The Labute approximate surface area is 128 Å². The van der Waals surface area contributed by atoms with Gasteiger partial charge >= 0.3 is 5.97 Å². The number of benzene rings is 1. The first-order valence-corrected chi connectivity index (χ1v) is 7.26. The van der Waals surface area contributed by atoms with E-state index in [1.807, 2.05) is 30.3 Å². The zero-order valence-corrected chi connectivity index (χ0v) is 12.1. The van der Waals surface area contributed by atoms with Crippen molar-refractivity contribution in [3.05, 3.63) is 48.5 Å². The van der Waals surface area contributed by atoms with Crippen molar-refractivity contribution >= 4 is 11.9 Å². The number of rotatable bonds is 3. The maximum atomic E-state index is 12.7. The molecule has 6 heteroatoms. The predicted molar refractivity (Wildman–Crippen MR) is 79.8 cm³/mol. The minimum Gasteiger partial charge on any atom is -0.481 e. The van der Waals surface area contributed by atoms with Gasteiger partial charge in [0.25, 0.3) is 5.91 Å². The number of carbonyl (C=O) groups is 2. The molecule has 0 bridgehead atoms. The normalized spacial score (nSPS) is 18.2. The van der Waals surface area contributed by atoms with Crippen LogP contribution in [-0.2, 0) is 4.79 Å². The number of piperidine rings is 1. The number of likely N-dealkylation sites (tertiary alicyclic amines) is 1. The highest BCUT2D eigenvalue weighted by Crippen LogP contribution is 2.20. The number of aromatic nitrogens is 2. The molecule has 1 fully saturated rings. The van der Waals surface area contributed by atoms with E-state index in [9.17, 15) is 9.59 Å². The summed E-state index contributed by atoms with van der Waals surface area (Å²) in [6, 6.07) is 9.49. The molecule has 1 aliphatic rings. The number of hydrogen-bond donors (Lipinski definition) is 1. The van der Waals surface area contributed by atoms with Crippen LogP contribution in [0.25, 0.3) is 5.69 Å². The summed E-state index contributed by atoms with van der Waals surface area (Å²) in [6.07, 6.45) is 4.46. The molecular formula is C16H17N3O3. The molecule has 1 aromatic carbocycles. The van der Waals surface area contributed by atoms with Crippen LogP contribution in [0.4, 0.5) is 0 Å². The van der Waals surface area contributed by atoms with Crippen molar-refractivity contribution in [3.63, 3.8) is 0 Å². The summed E-state index contributed by atoms with van der Waals surface area (Å²) in [5.74, 6) is -1.49. The fourth-order valence-electron chi connectivity index (χ4n) is 2.77. The standard InChI is InChI=1S/C16H17N3O3/c20-15(18-8-4-5-12(10-18)16(21)22)14-9-17-11-19(14)13-6-2-1-3-7-13/h1-3,6-7,9,11-12H,4-5,8,10H2,(H,21,22). The zero-order chi connectivity index (χ0) is 15.5. The van der Waals surface area contributed by atoms with Crippen molar-refractivity contribution in [2.24, 2.45) is 5.92 Å². The SMILES string of the molecule is O=C(O)C1CCCN(C(=O)c2cncn2-c2ccccc2)C1. The van der Waals surface area contributed by atoms with Crippen LogP contribution in [-0.4, -0.2) is 44.5 Å². The van der Waals surface area contributed by atoms with E-state index in [1.54, 1.807) is 15.8 Å². The molecule has 1 unspecified atom stereocenters. The molecule has 114 valence electrons. The summed E-state index contributed by atoms with van der Waals surface area (Å²) in [4.78, 5) is 29.5. The van der Waals surface area contributed by atoms with Crippen molar-refractivity contribution in [1.29, 1.82) is 0 Å². The molecule has 0 aliphatic carbocycles. The largest absolute Gasteiger partial charge is 0.481 e. The van der Waals surface area contributed by atoms with Gasteiger partial charge in [-0.05, 0) is 25.0 Å². The third-order valence-electron chi connectivity index (χ3n) is 3.95. The van der Waals surface area contributed by atoms with Crippen LogP contribution in [0.1, 0.15) is 23.3 Å². The smallest absolute Gasteiger partial charge is 0.308 e. The van der Waals surface area contributed by atoms with Gasteiger partial charge in [-0.15, -0.1) is 0 Å². The summed E-state index contributed by atoms with van der Waals surface area (Å²) < 4.78 is 1.73. The number of carboxylic acid groups (broad SMARTS) is 1. The molecule has 1 atom stereocenters. The first-order valence-electron chi connectivity index (χ1n) is 7.26. The number of carboxylic acids is 1. The average Bonchev–Trinajstić information content (AvgIpc) is 3.04. The molecule has 1 amide bonds. The number of aliphatic carboxylic acids is 1. The summed E-state index contributed by atoms with van der Waals surface area (Å²) >= 11 is 0. The molecule has 2 aromatic rings. The third-order valence-corrected chi connectivity index (χ3v) is 3.95. The van der Waals surface area contributed by atoms with Gasteiger partial charge in [0.2, 0.25) is 0 Å². The van der Waals surface area contributed by atoms with E-state index in [-0.39, 0.29) is 12.5 Å². The Morgan fingerprint density at radius 1 is 1.23 bits per heavy atom. The topological polar surface area (TPSA) is 75.4 Å². The van der Waals surface area contributed by atoms with Gasteiger partial charge < -0.3 is 10.0 Å². The number of hydrogen-bond acceptors (Lipinski definition) is 3. The highest BCUT2D eigenvalue weighted by Gasteiger charge is 2.30. The van der Waals surface area contributed by atoms with E-state index in [4.69, 9.17) is 5.11 Å². The van der Waals surface area contributed by atoms with Crippen molar-refractivity contribution in [2.75, 3.05) is 13.1 Å². The number of nitrogens with zero attached hydrogens (tertiary/aromatic N) is 3. The lowest BCUT2D eigenvalue weighted by Crippen LogP contribution is -2.42. The molecule has 1 aliphatic heterocycles. The summed E-state index contributed by atoms with van der Waals surface area (Å²) in [6.45, 7) is 0.844. The molecule has 1 saturated heterocycles. The maximum Gasteiger partial charge on any atom is 0.308 e. The van der Waals surface area contributed by atoms with Gasteiger partial charge in [-0.1, -0.05) is 18.2 Å². The van der Waals surface area contributed by atoms with Crippen molar-refractivity contribution < 1.29 is 14.7 Å². The maximum absolute atomic E-state index is 12.7. The van der Waals surface area contributed by atoms with Crippen LogP contribution >= 0.6 is 0 Å². The highest BCUT2D eigenvalue weighted by molar-refractivity contribution is 5.93. The van der Waals surface area contributed by atoms with Gasteiger partial charge in [-0.3, -0.25) is 14.2 Å². The van der Waals surface area contributed by atoms with Gasteiger partial charge in [-0.25, -0.2) is 4.98 Å². The molecule has 0 saturated carbocycles.